The lowest BCUT2D eigenvalue weighted by Crippen LogP contribution is -2.47. The Kier molecular flexibility index (Phi) is 9.05. The number of carboxylic acid groups (broad SMARTS) is 1. The molecule has 0 amide bonds. The smallest absolute Gasteiger partial charge is 0.303 e. The van der Waals surface area contributed by atoms with Crippen LogP contribution in [-0.2, 0) is 24.4 Å². The van der Waals surface area contributed by atoms with Crippen LogP contribution in [0.2, 0.25) is 0 Å². The lowest BCUT2D eigenvalue weighted by molar-refractivity contribution is -0.136. The minimum atomic E-state index is -0.777. The van der Waals surface area contributed by atoms with Crippen LogP contribution in [0.25, 0.3) is 0 Å². The van der Waals surface area contributed by atoms with Gasteiger partial charge in [0.25, 0.3) is 0 Å². The van der Waals surface area contributed by atoms with Gasteiger partial charge in [-0.25, -0.2) is 0 Å². The maximum absolute atomic E-state index is 10.7. The Morgan fingerprint density at radius 2 is 1.23 bits per heavy atom. The molecule has 1 aliphatic heterocycles. The Labute approximate surface area is 231 Å². The van der Waals surface area contributed by atoms with Gasteiger partial charge in [-0.3, -0.25) is 14.6 Å². The second-order valence-corrected chi connectivity index (χ2v) is 10.2. The number of nitrogens with zero attached hydrogens (tertiary/aromatic N) is 2. The van der Waals surface area contributed by atoms with Gasteiger partial charge >= 0.3 is 5.97 Å². The molecule has 0 aliphatic carbocycles. The molecule has 5 heteroatoms. The van der Waals surface area contributed by atoms with Crippen molar-refractivity contribution < 1.29 is 14.6 Å². The minimum absolute atomic E-state index is 0.143. The van der Waals surface area contributed by atoms with Crippen LogP contribution in [0.15, 0.2) is 109 Å². The van der Waals surface area contributed by atoms with Crippen molar-refractivity contribution in [1.29, 1.82) is 0 Å². The highest BCUT2D eigenvalue weighted by atomic mass is 16.5. The number of aryl methyl sites for hydroxylation is 1. The third-order valence-corrected chi connectivity index (χ3v) is 7.39. The van der Waals surface area contributed by atoms with Crippen LogP contribution >= 0.6 is 0 Å². The van der Waals surface area contributed by atoms with E-state index in [0.29, 0.717) is 13.0 Å². The minimum Gasteiger partial charge on any atom is -0.489 e. The van der Waals surface area contributed by atoms with Crippen LogP contribution in [0.1, 0.15) is 40.3 Å². The van der Waals surface area contributed by atoms with Crippen molar-refractivity contribution in [3.8, 4) is 5.75 Å². The molecule has 0 aromatic heterocycles. The molecule has 39 heavy (non-hydrogen) atoms. The van der Waals surface area contributed by atoms with Crippen LogP contribution in [-0.4, -0.2) is 47.1 Å². The molecule has 5 rings (SSSR count). The van der Waals surface area contributed by atoms with Gasteiger partial charge in [0.2, 0.25) is 0 Å². The molecule has 0 saturated carbocycles. The third-order valence-electron chi connectivity index (χ3n) is 7.39. The SMILES string of the molecule is O=C(O)CCc1ccc(OCc2ccc(CN3CCN(C(c4ccccc4)c4ccccc4)CC3)cc2)cc1. The Hall–Kier alpha value is -3.93. The van der Waals surface area contributed by atoms with Crippen LogP contribution < -0.4 is 4.74 Å². The fraction of sp³-hybridized carbons (Fsp3) is 0.265. The van der Waals surface area contributed by atoms with Crippen LogP contribution in [0.3, 0.4) is 0 Å². The number of aliphatic carboxylic acids is 1. The summed E-state index contributed by atoms with van der Waals surface area (Å²) in [6.45, 7) is 5.62. The summed E-state index contributed by atoms with van der Waals surface area (Å²) in [5.41, 5.74) is 6.16. The molecule has 0 radical (unpaired) electrons. The fourth-order valence-electron chi connectivity index (χ4n) is 5.23. The predicted octanol–water partition coefficient (Wildman–Crippen LogP) is 6.19. The van der Waals surface area contributed by atoms with E-state index < -0.39 is 5.97 Å². The van der Waals surface area contributed by atoms with Crippen LogP contribution in [0.4, 0.5) is 0 Å². The van der Waals surface area contributed by atoms with Crippen LogP contribution in [0.5, 0.6) is 5.75 Å². The zero-order valence-electron chi connectivity index (χ0n) is 22.3. The van der Waals surface area contributed by atoms with Crippen molar-refractivity contribution in [3.63, 3.8) is 0 Å². The van der Waals surface area contributed by atoms with Gasteiger partial charge in [-0.05, 0) is 46.4 Å². The summed E-state index contributed by atoms with van der Waals surface area (Å²) >= 11 is 0. The lowest BCUT2D eigenvalue weighted by Gasteiger charge is -2.40. The molecule has 1 fully saturated rings. The van der Waals surface area contributed by atoms with Gasteiger partial charge in [0.15, 0.2) is 0 Å². The van der Waals surface area contributed by atoms with Gasteiger partial charge in [0, 0.05) is 39.1 Å². The van der Waals surface area contributed by atoms with Crippen molar-refractivity contribution in [2.45, 2.75) is 32.0 Å². The summed E-state index contributed by atoms with van der Waals surface area (Å²) in [7, 11) is 0. The third kappa shape index (κ3) is 7.56. The molecule has 0 bridgehead atoms. The standard InChI is InChI=1S/C34H36N2O3/c37-33(38)20-17-27-15-18-32(19-16-27)39-26-29-13-11-28(12-14-29)25-35-21-23-36(24-22-35)34(30-7-3-1-4-8-30)31-9-5-2-6-10-31/h1-16,18-19,34H,17,20-26H2,(H,37,38). The van der Waals surface area contributed by atoms with E-state index in [-0.39, 0.29) is 12.5 Å². The predicted molar refractivity (Wildman–Crippen MR) is 155 cm³/mol. The molecule has 1 aliphatic rings. The van der Waals surface area contributed by atoms with Crippen molar-refractivity contribution in [2.24, 2.45) is 0 Å². The first-order chi connectivity index (χ1) is 19.1. The van der Waals surface area contributed by atoms with E-state index in [1.165, 1.54) is 16.7 Å². The number of carboxylic acids is 1. The Morgan fingerprint density at radius 1 is 0.692 bits per heavy atom. The fourth-order valence-corrected chi connectivity index (χ4v) is 5.23. The molecule has 4 aromatic carbocycles. The van der Waals surface area contributed by atoms with Crippen LogP contribution in [0, 0.1) is 0 Å². The number of rotatable bonds is 11. The maximum Gasteiger partial charge on any atom is 0.303 e. The number of hydrogen-bond donors (Lipinski definition) is 1. The highest BCUT2D eigenvalue weighted by Crippen LogP contribution is 2.29. The number of piperazine rings is 1. The van der Waals surface area contributed by atoms with Crippen molar-refractivity contribution in [3.05, 3.63) is 137 Å². The first-order valence-electron chi connectivity index (χ1n) is 13.7. The highest BCUT2D eigenvalue weighted by Gasteiger charge is 2.26. The summed E-state index contributed by atoms with van der Waals surface area (Å²) in [5, 5.41) is 8.83. The van der Waals surface area contributed by atoms with Gasteiger partial charge in [0.1, 0.15) is 12.4 Å². The molecule has 1 heterocycles. The Balaban J connectivity index is 1.11. The lowest BCUT2D eigenvalue weighted by atomic mass is 9.96. The maximum atomic E-state index is 10.7. The van der Waals surface area contributed by atoms with Gasteiger partial charge in [-0.15, -0.1) is 0 Å². The van der Waals surface area contributed by atoms with E-state index in [9.17, 15) is 4.79 Å². The highest BCUT2D eigenvalue weighted by molar-refractivity contribution is 5.67. The van der Waals surface area contributed by atoms with Crippen molar-refractivity contribution in [1.82, 2.24) is 9.80 Å². The Morgan fingerprint density at radius 3 is 1.79 bits per heavy atom. The first kappa shape index (κ1) is 26.7. The summed E-state index contributed by atoms with van der Waals surface area (Å²) in [5.74, 6) is 0.0149. The monoisotopic (exact) mass is 520 g/mol. The van der Waals surface area contributed by atoms with E-state index in [1.54, 1.807) is 0 Å². The van der Waals surface area contributed by atoms with Gasteiger partial charge in [0.05, 0.1) is 6.04 Å². The van der Waals surface area contributed by atoms with Gasteiger partial charge in [-0.1, -0.05) is 97.1 Å². The average molecular weight is 521 g/mol. The molecule has 200 valence electrons. The number of benzene rings is 4. The average Bonchev–Trinajstić information content (AvgIpc) is 2.98. The van der Waals surface area contributed by atoms with E-state index in [0.717, 1.165) is 49.6 Å². The van der Waals surface area contributed by atoms with E-state index in [1.807, 2.05) is 24.3 Å². The molecule has 4 aromatic rings. The molecular formula is C34H36N2O3. The zero-order chi connectivity index (χ0) is 26.9. The number of hydrogen-bond acceptors (Lipinski definition) is 4. The summed E-state index contributed by atoms with van der Waals surface area (Å²) in [6, 6.07) is 38.4. The second kappa shape index (κ2) is 13.2. The molecule has 0 unspecified atom stereocenters. The summed E-state index contributed by atoms with van der Waals surface area (Å²) in [4.78, 5) is 15.9. The van der Waals surface area contributed by atoms with E-state index in [2.05, 4.69) is 94.7 Å². The summed E-state index contributed by atoms with van der Waals surface area (Å²) in [6.07, 6.45) is 0.677. The largest absolute Gasteiger partial charge is 0.489 e. The molecule has 1 N–H and O–H groups in total. The first-order valence-corrected chi connectivity index (χ1v) is 13.7. The molecule has 0 atom stereocenters. The topological polar surface area (TPSA) is 53.0 Å². The molecular weight excluding hydrogens is 484 g/mol. The normalized spacial score (nSPS) is 14.4. The van der Waals surface area contributed by atoms with Gasteiger partial charge in [-0.2, -0.15) is 0 Å². The summed E-state index contributed by atoms with van der Waals surface area (Å²) < 4.78 is 5.94. The van der Waals surface area contributed by atoms with Crippen molar-refractivity contribution in [2.75, 3.05) is 26.2 Å². The molecule has 1 saturated heterocycles. The van der Waals surface area contributed by atoms with Gasteiger partial charge < -0.3 is 9.84 Å². The van der Waals surface area contributed by atoms with Crippen molar-refractivity contribution >= 4 is 5.97 Å². The molecule has 0 spiro atoms. The van der Waals surface area contributed by atoms with E-state index in [4.69, 9.17) is 9.84 Å². The number of ether oxygens (including phenoxy) is 1. The zero-order valence-corrected chi connectivity index (χ0v) is 22.3. The second-order valence-electron chi connectivity index (χ2n) is 10.2. The van der Waals surface area contributed by atoms with E-state index >= 15 is 0 Å². The molecule has 5 nitrogen and oxygen atoms in total. The quantitative estimate of drug-likeness (QED) is 0.256. The Bertz CT molecular complexity index is 1260. The number of carbonyl (C=O) groups is 1.